The molecule has 124 valence electrons. The number of nitrogens with one attached hydrogen (secondary N) is 2. The van der Waals surface area contributed by atoms with Gasteiger partial charge in [0, 0.05) is 10.8 Å². The molecule has 2 heterocycles. The van der Waals surface area contributed by atoms with Crippen molar-refractivity contribution in [3.63, 3.8) is 0 Å². The Morgan fingerprint density at radius 2 is 2.22 bits per heavy atom. The van der Waals surface area contributed by atoms with Gasteiger partial charge in [0.25, 0.3) is 0 Å². The molecule has 2 amide bonds. The number of carbonyl (C=O) groups excluding carboxylic acids is 2. The van der Waals surface area contributed by atoms with Crippen molar-refractivity contribution in [3.05, 3.63) is 22.4 Å². The van der Waals surface area contributed by atoms with Gasteiger partial charge in [-0.15, -0.1) is 21.5 Å². The minimum absolute atomic E-state index is 0.0520. The molecule has 23 heavy (non-hydrogen) atoms. The first-order valence-corrected chi connectivity index (χ1v) is 9.83. The molecule has 0 spiro atoms. The summed E-state index contributed by atoms with van der Waals surface area (Å²) in [6.07, 6.45) is 0.774. The lowest BCUT2D eigenvalue weighted by Gasteiger charge is -2.06. The Kier molecular flexibility index (Phi) is 7.00. The lowest BCUT2D eigenvalue weighted by molar-refractivity contribution is -0.120. The third kappa shape index (κ3) is 5.92. The second kappa shape index (κ2) is 8.99. The zero-order valence-corrected chi connectivity index (χ0v) is 15.3. The maximum Gasteiger partial charge on any atom is 0.230 e. The number of hydrogen-bond donors (Lipinski definition) is 2. The predicted octanol–water partition coefficient (Wildman–Crippen LogP) is 2.99. The molecule has 0 radical (unpaired) electrons. The van der Waals surface area contributed by atoms with Crippen molar-refractivity contribution in [2.24, 2.45) is 5.92 Å². The molecule has 6 nitrogen and oxygen atoms in total. The fraction of sp³-hybridized carbons (Fsp3) is 0.429. The van der Waals surface area contributed by atoms with E-state index in [1.54, 1.807) is 11.3 Å². The van der Waals surface area contributed by atoms with E-state index < -0.39 is 0 Å². The van der Waals surface area contributed by atoms with Gasteiger partial charge in [0.05, 0.1) is 12.3 Å². The van der Waals surface area contributed by atoms with Gasteiger partial charge in [0.1, 0.15) is 0 Å². The molecule has 0 fully saturated rings. The second-order valence-electron chi connectivity index (χ2n) is 4.82. The van der Waals surface area contributed by atoms with Crippen molar-refractivity contribution < 1.29 is 9.59 Å². The number of aromatic nitrogens is 2. The summed E-state index contributed by atoms with van der Waals surface area (Å²) < 4.78 is 0.663. The van der Waals surface area contributed by atoms with Crippen molar-refractivity contribution in [2.75, 3.05) is 11.1 Å². The van der Waals surface area contributed by atoms with Gasteiger partial charge < -0.3 is 10.6 Å². The normalized spacial score (nSPS) is 11.9. The highest BCUT2D eigenvalue weighted by molar-refractivity contribution is 8.01. The molecular formula is C14H18N4O2S3. The Morgan fingerprint density at radius 1 is 1.39 bits per heavy atom. The summed E-state index contributed by atoms with van der Waals surface area (Å²) in [7, 11) is 0. The maximum atomic E-state index is 11.8. The second-order valence-corrected chi connectivity index (χ2v) is 8.05. The minimum Gasteiger partial charge on any atom is -0.350 e. The van der Waals surface area contributed by atoms with Crippen LogP contribution in [0.25, 0.3) is 0 Å². The van der Waals surface area contributed by atoms with Crippen LogP contribution in [0.3, 0.4) is 0 Å². The van der Waals surface area contributed by atoms with E-state index in [4.69, 9.17) is 0 Å². The Bertz CT molecular complexity index is 642. The molecule has 1 unspecified atom stereocenters. The quantitative estimate of drug-likeness (QED) is 0.551. The summed E-state index contributed by atoms with van der Waals surface area (Å²) in [6, 6.07) is 3.94. The van der Waals surface area contributed by atoms with Crippen molar-refractivity contribution >= 4 is 51.4 Å². The molecule has 1 atom stereocenters. The molecule has 0 aliphatic rings. The van der Waals surface area contributed by atoms with Crippen LogP contribution < -0.4 is 10.6 Å². The number of amides is 2. The molecule has 0 saturated heterocycles. The fourth-order valence-corrected chi connectivity index (χ4v) is 3.74. The van der Waals surface area contributed by atoms with Gasteiger partial charge >= 0.3 is 0 Å². The summed E-state index contributed by atoms with van der Waals surface area (Å²) in [6.45, 7) is 4.37. The standard InChI is InChI=1S/C14H18N4O2S3/c1-3-9(2)12(20)16-13-17-18-14(23-13)22-8-11(19)15-7-10-5-4-6-21-10/h4-6,9H,3,7-8H2,1-2H3,(H,15,19)(H,16,17,20). The van der Waals surface area contributed by atoms with Crippen molar-refractivity contribution in [3.8, 4) is 0 Å². The number of thioether (sulfide) groups is 1. The van der Waals surface area contributed by atoms with Crippen molar-refractivity contribution in [2.45, 2.75) is 31.2 Å². The SMILES string of the molecule is CCC(C)C(=O)Nc1nnc(SCC(=O)NCc2cccs2)s1. The molecule has 2 aromatic heterocycles. The minimum atomic E-state index is -0.0612. The first-order chi connectivity index (χ1) is 11.1. The number of anilines is 1. The Morgan fingerprint density at radius 3 is 2.91 bits per heavy atom. The van der Waals surface area contributed by atoms with Crippen LogP contribution >= 0.6 is 34.4 Å². The molecule has 0 aliphatic heterocycles. The fourth-order valence-electron chi connectivity index (χ4n) is 1.51. The van der Waals surface area contributed by atoms with Crippen molar-refractivity contribution in [1.29, 1.82) is 0 Å². The average molecular weight is 371 g/mol. The number of nitrogens with zero attached hydrogens (tertiary/aromatic N) is 2. The number of carbonyl (C=O) groups is 2. The number of rotatable bonds is 8. The molecule has 2 N–H and O–H groups in total. The van der Waals surface area contributed by atoms with E-state index in [1.165, 1.54) is 23.1 Å². The average Bonchev–Trinajstić information content (AvgIpc) is 3.21. The van der Waals surface area contributed by atoms with Gasteiger partial charge in [-0.2, -0.15) is 0 Å². The summed E-state index contributed by atoms with van der Waals surface area (Å²) >= 11 is 4.20. The van der Waals surface area contributed by atoms with E-state index in [9.17, 15) is 9.59 Å². The van der Waals surface area contributed by atoms with E-state index >= 15 is 0 Å². The summed E-state index contributed by atoms with van der Waals surface area (Å²) in [5.41, 5.74) is 0. The maximum absolute atomic E-state index is 11.8. The Hall–Kier alpha value is -1.45. The third-order valence-corrected chi connectivity index (χ3v) is 5.91. The van der Waals surface area contributed by atoms with E-state index in [2.05, 4.69) is 20.8 Å². The number of thiophene rings is 1. The first kappa shape index (κ1) is 17.9. The van der Waals surface area contributed by atoms with Gasteiger partial charge in [-0.05, 0) is 17.9 Å². The molecule has 9 heteroatoms. The largest absolute Gasteiger partial charge is 0.350 e. The van der Waals surface area contributed by atoms with Gasteiger partial charge in [-0.25, -0.2) is 0 Å². The first-order valence-electron chi connectivity index (χ1n) is 7.14. The molecule has 0 aromatic carbocycles. The van der Waals surface area contributed by atoms with E-state index in [0.29, 0.717) is 16.0 Å². The monoisotopic (exact) mass is 370 g/mol. The smallest absolute Gasteiger partial charge is 0.230 e. The van der Waals surface area contributed by atoms with Crippen LogP contribution in [0.4, 0.5) is 5.13 Å². The Labute approximate surface area is 147 Å². The third-order valence-electron chi connectivity index (χ3n) is 3.06. The van der Waals surface area contributed by atoms with E-state index in [1.807, 2.05) is 31.4 Å². The van der Waals surface area contributed by atoms with Crippen LogP contribution in [-0.2, 0) is 16.1 Å². The van der Waals surface area contributed by atoms with E-state index in [0.717, 1.165) is 11.3 Å². The predicted molar refractivity (Wildman–Crippen MR) is 94.9 cm³/mol. The van der Waals surface area contributed by atoms with Crippen LogP contribution in [0.5, 0.6) is 0 Å². The molecule has 0 bridgehead atoms. The van der Waals surface area contributed by atoms with Crippen molar-refractivity contribution in [1.82, 2.24) is 15.5 Å². The highest BCUT2D eigenvalue weighted by Gasteiger charge is 2.14. The number of hydrogen-bond acceptors (Lipinski definition) is 7. The van der Waals surface area contributed by atoms with Gasteiger partial charge in [-0.1, -0.05) is 43.0 Å². The molecule has 2 aromatic rings. The van der Waals surface area contributed by atoms with Crippen LogP contribution in [0.2, 0.25) is 0 Å². The highest BCUT2D eigenvalue weighted by atomic mass is 32.2. The molecular weight excluding hydrogens is 352 g/mol. The zero-order valence-electron chi connectivity index (χ0n) is 12.9. The van der Waals surface area contributed by atoms with Gasteiger partial charge in [-0.3, -0.25) is 9.59 Å². The van der Waals surface area contributed by atoms with Crippen LogP contribution in [0, 0.1) is 5.92 Å². The van der Waals surface area contributed by atoms with E-state index in [-0.39, 0.29) is 23.5 Å². The molecule has 0 aliphatic carbocycles. The van der Waals surface area contributed by atoms with Crippen LogP contribution in [0.1, 0.15) is 25.1 Å². The molecule has 2 rings (SSSR count). The lowest BCUT2D eigenvalue weighted by Crippen LogP contribution is -2.24. The van der Waals surface area contributed by atoms with Gasteiger partial charge in [0.2, 0.25) is 16.9 Å². The topological polar surface area (TPSA) is 84.0 Å². The summed E-state index contributed by atoms with van der Waals surface area (Å²) in [4.78, 5) is 24.7. The highest BCUT2D eigenvalue weighted by Crippen LogP contribution is 2.25. The van der Waals surface area contributed by atoms with Crippen LogP contribution in [-0.4, -0.2) is 27.8 Å². The van der Waals surface area contributed by atoms with Crippen LogP contribution in [0.15, 0.2) is 21.9 Å². The molecule has 0 saturated carbocycles. The lowest BCUT2D eigenvalue weighted by atomic mass is 10.1. The summed E-state index contributed by atoms with van der Waals surface area (Å²) in [5, 5.41) is 15.9. The Balaban J connectivity index is 1.73. The van der Waals surface area contributed by atoms with Gasteiger partial charge in [0.15, 0.2) is 4.34 Å². The zero-order chi connectivity index (χ0) is 16.7. The summed E-state index contributed by atoms with van der Waals surface area (Å²) in [5.74, 6) is 0.106.